The fraction of sp³-hybridized carbons (Fsp3) is 0.438. The molecule has 1 aliphatic carbocycles. The van der Waals surface area contributed by atoms with Crippen molar-refractivity contribution in [2.24, 2.45) is 0 Å². The quantitative estimate of drug-likeness (QED) is 0.866. The lowest BCUT2D eigenvalue weighted by molar-refractivity contribution is 0.544. The highest BCUT2D eigenvalue weighted by atomic mass is 35.5. The van der Waals surface area contributed by atoms with Crippen molar-refractivity contribution in [1.82, 2.24) is 10.3 Å². The summed E-state index contributed by atoms with van der Waals surface area (Å²) in [5.74, 6) is -0.272. The molecule has 1 fully saturated rings. The van der Waals surface area contributed by atoms with Crippen LogP contribution in [-0.4, -0.2) is 11.0 Å². The smallest absolute Gasteiger partial charge is 0.129 e. The van der Waals surface area contributed by atoms with Gasteiger partial charge in [0.25, 0.3) is 0 Å². The molecule has 0 aliphatic heterocycles. The highest BCUT2D eigenvalue weighted by molar-refractivity contribution is 7.11. The zero-order valence-corrected chi connectivity index (χ0v) is 13.7. The first-order chi connectivity index (χ1) is 10.1. The zero-order chi connectivity index (χ0) is 15.0. The molecule has 1 aliphatic rings. The highest BCUT2D eigenvalue weighted by Gasteiger charge is 2.29. The Morgan fingerprint density at radius 2 is 2.24 bits per heavy atom. The van der Waals surface area contributed by atoms with Crippen LogP contribution in [0.4, 0.5) is 4.39 Å². The predicted octanol–water partition coefficient (Wildman–Crippen LogP) is 4.65. The summed E-state index contributed by atoms with van der Waals surface area (Å²) in [6, 6.07) is 5.17. The third-order valence-electron chi connectivity index (χ3n) is 3.74. The minimum absolute atomic E-state index is 0.182. The minimum Gasteiger partial charge on any atom is -0.301 e. The molecule has 1 aromatic carbocycles. The molecule has 3 rings (SSSR count). The summed E-state index contributed by atoms with van der Waals surface area (Å²) < 4.78 is 14.3. The topological polar surface area (TPSA) is 24.9 Å². The Kier molecular flexibility index (Phi) is 4.29. The van der Waals surface area contributed by atoms with Crippen molar-refractivity contribution in [1.29, 1.82) is 0 Å². The lowest BCUT2D eigenvalue weighted by atomic mass is 10.1. The van der Waals surface area contributed by atoms with E-state index in [2.05, 4.69) is 19.2 Å². The van der Waals surface area contributed by atoms with Gasteiger partial charge in [0.15, 0.2) is 0 Å². The lowest BCUT2D eigenvalue weighted by Crippen LogP contribution is -2.25. The van der Waals surface area contributed by atoms with E-state index in [1.165, 1.54) is 10.9 Å². The van der Waals surface area contributed by atoms with Crippen molar-refractivity contribution in [3.8, 4) is 0 Å². The van der Waals surface area contributed by atoms with Crippen LogP contribution < -0.4 is 5.32 Å². The number of aromatic nitrogens is 1. The first-order valence-electron chi connectivity index (χ1n) is 7.25. The maximum absolute atomic E-state index is 14.3. The van der Waals surface area contributed by atoms with Gasteiger partial charge in [0.05, 0.1) is 11.7 Å². The molecule has 0 spiro atoms. The molecule has 21 heavy (non-hydrogen) atoms. The van der Waals surface area contributed by atoms with Gasteiger partial charge in [-0.1, -0.05) is 24.6 Å². The first kappa shape index (κ1) is 14.9. The Labute approximate surface area is 133 Å². The number of hydrogen-bond acceptors (Lipinski definition) is 3. The van der Waals surface area contributed by atoms with Crippen LogP contribution in [0.25, 0.3) is 0 Å². The molecule has 1 N–H and O–H groups in total. The Morgan fingerprint density at radius 1 is 1.48 bits per heavy atom. The van der Waals surface area contributed by atoms with Gasteiger partial charge in [-0.05, 0) is 38.3 Å². The Hall–Kier alpha value is -0.970. The molecule has 0 radical (unpaired) electrons. The van der Waals surface area contributed by atoms with E-state index in [-0.39, 0.29) is 11.9 Å². The lowest BCUT2D eigenvalue weighted by Gasteiger charge is -2.17. The molecule has 5 heteroatoms. The van der Waals surface area contributed by atoms with Crippen LogP contribution in [0.15, 0.2) is 18.2 Å². The van der Waals surface area contributed by atoms with Crippen molar-refractivity contribution in [3.05, 3.63) is 50.2 Å². The van der Waals surface area contributed by atoms with E-state index < -0.39 is 0 Å². The van der Waals surface area contributed by atoms with Gasteiger partial charge in [-0.3, -0.25) is 0 Å². The maximum Gasteiger partial charge on any atom is 0.129 e. The van der Waals surface area contributed by atoms with E-state index in [9.17, 15) is 4.39 Å². The number of halogens is 2. The fourth-order valence-electron chi connectivity index (χ4n) is 2.42. The molecular weight excluding hydrogens is 307 g/mol. The normalized spacial score (nSPS) is 16.2. The Balaban J connectivity index is 1.99. The van der Waals surface area contributed by atoms with Gasteiger partial charge in [0.1, 0.15) is 10.8 Å². The maximum atomic E-state index is 14.3. The standard InChI is InChI=1S/C16H18ClFN2S/c1-3-14-9(2)21-16(20-14)15(19-11-5-6-11)12-7-4-10(17)8-13(12)18/h4,7-8,11,15,19H,3,5-6H2,1-2H3. The second-order valence-electron chi connectivity index (χ2n) is 5.45. The molecular formula is C16H18ClFN2S. The van der Waals surface area contributed by atoms with Crippen molar-refractivity contribution < 1.29 is 4.39 Å². The summed E-state index contributed by atoms with van der Waals surface area (Å²) >= 11 is 7.52. The first-order valence-corrected chi connectivity index (χ1v) is 8.45. The van der Waals surface area contributed by atoms with Crippen molar-refractivity contribution in [3.63, 3.8) is 0 Å². The molecule has 0 amide bonds. The van der Waals surface area contributed by atoms with Crippen LogP contribution in [-0.2, 0) is 6.42 Å². The van der Waals surface area contributed by atoms with Crippen molar-refractivity contribution >= 4 is 22.9 Å². The SMILES string of the molecule is CCc1nc(C(NC2CC2)c2ccc(Cl)cc2F)sc1C. The van der Waals surface area contributed by atoms with Gasteiger partial charge in [-0.15, -0.1) is 11.3 Å². The van der Waals surface area contributed by atoms with Crippen molar-refractivity contribution in [2.75, 3.05) is 0 Å². The molecule has 2 nitrogen and oxygen atoms in total. The van der Waals surface area contributed by atoms with Crippen LogP contribution in [0.3, 0.4) is 0 Å². The van der Waals surface area contributed by atoms with Gasteiger partial charge in [-0.25, -0.2) is 9.37 Å². The largest absolute Gasteiger partial charge is 0.301 e. The second kappa shape index (κ2) is 6.03. The van der Waals surface area contributed by atoms with E-state index in [4.69, 9.17) is 16.6 Å². The third kappa shape index (κ3) is 3.28. The number of nitrogens with zero attached hydrogens (tertiary/aromatic N) is 1. The van der Waals surface area contributed by atoms with Crippen LogP contribution >= 0.6 is 22.9 Å². The summed E-state index contributed by atoms with van der Waals surface area (Å²) in [5, 5.41) is 4.88. The molecule has 1 aromatic heterocycles. The van der Waals surface area contributed by atoms with Gasteiger partial charge >= 0.3 is 0 Å². The second-order valence-corrected chi connectivity index (χ2v) is 7.12. The molecule has 2 aromatic rings. The zero-order valence-electron chi connectivity index (χ0n) is 12.1. The summed E-state index contributed by atoms with van der Waals surface area (Å²) in [7, 11) is 0. The average Bonchev–Trinajstić information content (AvgIpc) is 3.18. The number of hydrogen-bond donors (Lipinski definition) is 1. The molecule has 0 bridgehead atoms. The Bertz CT molecular complexity index is 652. The molecule has 112 valence electrons. The van der Waals surface area contributed by atoms with Gasteiger partial charge < -0.3 is 5.32 Å². The highest BCUT2D eigenvalue weighted by Crippen LogP contribution is 2.34. The van der Waals surface area contributed by atoms with E-state index in [0.717, 1.165) is 30.0 Å². The monoisotopic (exact) mass is 324 g/mol. The number of aryl methyl sites for hydroxylation is 2. The number of thiazole rings is 1. The summed E-state index contributed by atoms with van der Waals surface area (Å²) in [6.45, 7) is 4.17. The molecule has 1 heterocycles. The Morgan fingerprint density at radius 3 is 2.81 bits per heavy atom. The van der Waals surface area contributed by atoms with Gasteiger partial charge in [-0.2, -0.15) is 0 Å². The number of benzene rings is 1. The summed E-state index contributed by atoms with van der Waals surface area (Å²) in [6.07, 6.45) is 3.20. The summed E-state index contributed by atoms with van der Waals surface area (Å²) in [4.78, 5) is 5.92. The number of rotatable bonds is 5. The van der Waals surface area contributed by atoms with E-state index in [1.54, 1.807) is 23.5 Å². The van der Waals surface area contributed by atoms with E-state index in [0.29, 0.717) is 16.6 Å². The molecule has 1 saturated carbocycles. The van der Waals surface area contributed by atoms with Crippen LogP contribution in [0.2, 0.25) is 5.02 Å². The third-order valence-corrected chi connectivity index (χ3v) is 5.06. The minimum atomic E-state index is -0.272. The van der Waals surface area contributed by atoms with Crippen LogP contribution in [0.5, 0.6) is 0 Å². The average molecular weight is 325 g/mol. The van der Waals surface area contributed by atoms with Gasteiger partial charge in [0.2, 0.25) is 0 Å². The number of nitrogens with one attached hydrogen (secondary N) is 1. The van der Waals surface area contributed by atoms with Crippen molar-refractivity contribution in [2.45, 2.75) is 45.2 Å². The van der Waals surface area contributed by atoms with E-state index >= 15 is 0 Å². The van der Waals surface area contributed by atoms with Crippen LogP contribution in [0.1, 0.15) is 46.9 Å². The summed E-state index contributed by atoms with van der Waals surface area (Å²) in [5.41, 5.74) is 1.73. The molecule has 0 saturated heterocycles. The van der Waals surface area contributed by atoms with E-state index in [1.807, 2.05) is 0 Å². The van der Waals surface area contributed by atoms with Gasteiger partial charge in [0, 0.05) is 21.5 Å². The predicted molar refractivity (Wildman–Crippen MR) is 85.6 cm³/mol. The van der Waals surface area contributed by atoms with Crippen LogP contribution in [0, 0.1) is 12.7 Å². The molecule has 1 unspecified atom stereocenters. The fourth-order valence-corrected chi connectivity index (χ4v) is 3.67. The molecule has 1 atom stereocenters.